The van der Waals surface area contributed by atoms with Gasteiger partial charge in [0.2, 0.25) is 0 Å². The highest BCUT2D eigenvalue weighted by atomic mass is 16.6. The standard InChI is InChI=1S/C13H16N2O7/c1-13(2,3)22-12(18)14-8-4-5-10(21-7-11(16)17)9(6-8)15(19)20/h4-6H,7H2,1-3H3,(H,14,18)(H,16,17). The van der Waals surface area contributed by atoms with Crippen LogP contribution in [0.5, 0.6) is 5.75 Å². The maximum atomic E-state index is 11.6. The molecule has 1 aromatic carbocycles. The van der Waals surface area contributed by atoms with Crippen LogP contribution in [-0.2, 0) is 9.53 Å². The van der Waals surface area contributed by atoms with Crippen LogP contribution in [0.25, 0.3) is 0 Å². The molecule has 0 spiro atoms. The summed E-state index contributed by atoms with van der Waals surface area (Å²) in [4.78, 5) is 32.3. The van der Waals surface area contributed by atoms with Crippen molar-refractivity contribution in [3.05, 3.63) is 28.3 Å². The van der Waals surface area contributed by atoms with E-state index < -0.39 is 34.9 Å². The van der Waals surface area contributed by atoms with Crippen LogP contribution >= 0.6 is 0 Å². The maximum absolute atomic E-state index is 11.6. The first kappa shape index (κ1) is 17.2. The molecule has 0 aliphatic rings. The number of benzene rings is 1. The smallest absolute Gasteiger partial charge is 0.412 e. The van der Waals surface area contributed by atoms with E-state index in [9.17, 15) is 19.7 Å². The summed E-state index contributed by atoms with van der Waals surface area (Å²) in [6, 6.07) is 3.60. The quantitative estimate of drug-likeness (QED) is 0.631. The average Bonchev–Trinajstić information content (AvgIpc) is 2.34. The molecular weight excluding hydrogens is 296 g/mol. The van der Waals surface area contributed by atoms with E-state index in [4.69, 9.17) is 14.6 Å². The minimum absolute atomic E-state index is 0.128. The summed E-state index contributed by atoms with van der Waals surface area (Å²) in [6.45, 7) is 4.33. The Kier molecular flexibility index (Phi) is 5.28. The number of nitro benzene ring substituents is 1. The predicted molar refractivity (Wildman–Crippen MR) is 76.1 cm³/mol. The molecule has 0 unspecified atom stereocenters. The fourth-order valence-corrected chi connectivity index (χ4v) is 1.42. The van der Waals surface area contributed by atoms with Crippen LogP contribution in [0.2, 0.25) is 0 Å². The molecule has 0 heterocycles. The normalized spacial score (nSPS) is 10.7. The van der Waals surface area contributed by atoms with E-state index in [1.807, 2.05) is 0 Å². The molecule has 0 aliphatic carbocycles. The van der Waals surface area contributed by atoms with E-state index in [1.54, 1.807) is 20.8 Å². The molecule has 0 saturated heterocycles. The molecule has 0 fully saturated rings. The molecule has 0 aromatic heterocycles. The Balaban J connectivity index is 2.90. The van der Waals surface area contributed by atoms with Crippen LogP contribution < -0.4 is 10.1 Å². The second-order valence-electron chi connectivity index (χ2n) is 5.25. The first-order chi connectivity index (χ1) is 10.1. The van der Waals surface area contributed by atoms with Gasteiger partial charge in [-0.1, -0.05) is 0 Å². The number of carboxylic acid groups (broad SMARTS) is 1. The lowest BCUT2D eigenvalue weighted by atomic mass is 10.2. The summed E-state index contributed by atoms with van der Waals surface area (Å²) in [6.07, 6.45) is -0.763. The Morgan fingerprint density at radius 3 is 2.50 bits per heavy atom. The van der Waals surface area contributed by atoms with Crippen LogP contribution in [-0.4, -0.2) is 34.3 Å². The third kappa shape index (κ3) is 5.65. The lowest BCUT2D eigenvalue weighted by Crippen LogP contribution is -2.27. The zero-order valence-electron chi connectivity index (χ0n) is 12.3. The summed E-state index contributed by atoms with van der Waals surface area (Å²) in [5.41, 5.74) is -1.04. The number of carbonyl (C=O) groups excluding carboxylic acids is 1. The van der Waals surface area contributed by atoms with Gasteiger partial charge in [0.15, 0.2) is 12.4 Å². The molecule has 0 bridgehead atoms. The highest BCUT2D eigenvalue weighted by Crippen LogP contribution is 2.30. The number of hydrogen-bond donors (Lipinski definition) is 2. The van der Waals surface area contributed by atoms with Gasteiger partial charge in [0.1, 0.15) is 5.60 Å². The minimum Gasteiger partial charge on any atom is -0.479 e. The second-order valence-corrected chi connectivity index (χ2v) is 5.25. The van der Waals surface area contributed by atoms with Crippen LogP contribution in [0.1, 0.15) is 20.8 Å². The number of aliphatic carboxylic acids is 1. The van der Waals surface area contributed by atoms with Crippen molar-refractivity contribution in [2.24, 2.45) is 0 Å². The summed E-state index contributed by atoms with van der Waals surface area (Å²) in [5, 5.41) is 21.8. The summed E-state index contributed by atoms with van der Waals surface area (Å²) >= 11 is 0. The van der Waals surface area contributed by atoms with Gasteiger partial charge in [-0.05, 0) is 32.9 Å². The molecule has 0 radical (unpaired) electrons. The Hall–Kier alpha value is -2.84. The van der Waals surface area contributed by atoms with E-state index in [0.29, 0.717) is 0 Å². The summed E-state index contributed by atoms with van der Waals surface area (Å²) < 4.78 is 9.84. The average molecular weight is 312 g/mol. The predicted octanol–water partition coefficient (Wildman–Crippen LogP) is 2.41. The van der Waals surface area contributed by atoms with Gasteiger partial charge in [0.05, 0.1) is 10.6 Å². The zero-order chi connectivity index (χ0) is 16.9. The van der Waals surface area contributed by atoms with Crippen molar-refractivity contribution in [1.82, 2.24) is 0 Å². The van der Waals surface area contributed by atoms with Crippen molar-refractivity contribution in [2.45, 2.75) is 26.4 Å². The third-order valence-corrected chi connectivity index (χ3v) is 2.15. The van der Waals surface area contributed by atoms with Gasteiger partial charge in [-0.15, -0.1) is 0 Å². The van der Waals surface area contributed by atoms with Crippen molar-refractivity contribution < 1.29 is 29.1 Å². The van der Waals surface area contributed by atoms with Crippen LogP contribution in [0, 0.1) is 10.1 Å². The van der Waals surface area contributed by atoms with Gasteiger partial charge in [-0.2, -0.15) is 0 Å². The summed E-state index contributed by atoms with van der Waals surface area (Å²) in [5.74, 6) is -1.47. The molecule has 9 nitrogen and oxygen atoms in total. The number of rotatable bonds is 5. The van der Waals surface area contributed by atoms with E-state index in [-0.39, 0.29) is 11.4 Å². The highest BCUT2D eigenvalue weighted by Gasteiger charge is 2.20. The topological polar surface area (TPSA) is 128 Å². The second kappa shape index (κ2) is 6.74. The Labute approximate surface area is 126 Å². The molecule has 1 aromatic rings. The third-order valence-electron chi connectivity index (χ3n) is 2.15. The molecular formula is C13H16N2O7. The number of anilines is 1. The molecule has 0 saturated carbocycles. The van der Waals surface area contributed by atoms with Gasteiger partial charge >= 0.3 is 17.7 Å². The minimum atomic E-state index is -1.26. The first-order valence-electron chi connectivity index (χ1n) is 6.21. The number of nitro groups is 1. The zero-order valence-corrected chi connectivity index (χ0v) is 12.3. The fraction of sp³-hybridized carbons (Fsp3) is 0.385. The number of amides is 1. The SMILES string of the molecule is CC(C)(C)OC(=O)Nc1ccc(OCC(=O)O)c([N+](=O)[O-])c1. The Bertz CT molecular complexity index is 593. The molecule has 1 amide bonds. The van der Waals surface area contributed by atoms with Crippen LogP contribution in [0.15, 0.2) is 18.2 Å². The van der Waals surface area contributed by atoms with E-state index in [1.165, 1.54) is 12.1 Å². The number of nitrogens with zero attached hydrogens (tertiary/aromatic N) is 1. The van der Waals surface area contributed by atoms with Gasteiger partial charge in [0, 0.05) is 6.07 Å². The number of ether oxygens (including phenoxy) is 2. The van der Waals surface area contributed by atoms with Gasteiger partial charge in [-0.3, -0.25) is 15.4 Å². The highest BCUT2D eigenvalue weighted by molar-refractivity contribution is 5.85. The molecule has 9 heteroatoms. The van der Waals surface area contributed by atoms with E-state index in [0.717, 1.165) is 6.07 Å². The summed E-state index contributed by atoms with van der Waals surface area (Å²) in [7, 11) is 0. The van der Waals surface area contributed by atoms with E-state index in [2.05, 4.69) is 5.32 Å². The first-order valence-corrected chi connectivity index (χ1v) is 6.21. The number of hydrogen-bond acceptors (Lipinski definition) is 6. The fourth-order valence-electron chi connectivity index (χ4n) is 1.42. The Morgan fingerprint density at radius 2 is 2.00 bits per heavy atom. The molecule has 2 N–H and O–H groups in total. The van der Waals surface area contributed by atoms with Crippen molar-refractivity contribution in [2.75, 3.05) is 11.9 Å². The largest absolute Gasteiger partial charge is 0.479 e. The van der Waals surface area contributed by atoms with Crippen LogP contribution in [0.3, 0.4) is 0 Å². The van der Waals surface area contributed by atoms with Crippen molar-refractivity contribution in [1.29, 1.82) is 0 Å². The molecule has 1 rings (SSSR count). The Morgan fingerprint density at radius 1 is 1.36 bits per heavy atom. The maximum Gasteiger partial charge on any atom is 0.412 e. The van der Waals surface area contributed by atoms with Crippen molar-refractivity contribution >= 4 is 23.4 Å². The van der Waals surface area contributed by atoms with Gasteiger partial charge in [-0.25, -0.2) is 9.59 Å². The number of nitrogens with one attached hydrogen (secondary N) is 1. The lowest BCUT2D eigenvalue weighted by Gasteiger charge is -2.19. The van der Waals surface area contributed by atoms with E-state index >= 15 is 0 Å². The number of carbonyl (C=O) groups is 2. The van der Waals surface area contributed by atoms with Crippen molar-refractivity contribution in [3.8, 4) is 5.75 Å². The number of carboxylic acids is 1. The molecule has 0 atom stereocenters. The van der Waals surface area contributed by atoms with Crippen molar-refractivity contribution in [3.63, 3.8) is 0 Å². The molecule has 0 aliphatic heterocycles. The molecule has 22 heavy (non-hydrogen) atoms. The van der Waals surface area contributed by atoms with Crippen LogP contribution in [0.4, 0.5) is 16.2 Å². The van der Waals surface area contributed by atoms with Gasteiger partial charge < -0.3 is 14.6 Å². The monoisotopic (exact) mass is 312 g/mol. The molecule has 120 valence electrons. The van der Waals surface area contributed by atoms with Gasteiger partial charge in [0.25, 0.3) is 0 Å². The lowest BCUT2D eigenvalue weighted by molar-refractivity contribution is -0.385.